The van der Waals surface area contributed by atoms with Crippen molar-refractivity contribution >= 4 is 11.5 Å². The van der Waals surface area contributed by atoms with E-state index in [-0.39, 0.29) is 18.2 Å². The molecule has 0 aliphatic carbocycles. The fourth-order valence-corrected chi connectivity index (χ4v) is 3.43. The van der Waals surface area contributed by atoms with Gasteiger partial charge in [-0.2, -0.15) is 0 Å². The lowest BCUT2D eigenvalue weighted by atomic mass is 10.1. The van der Waals surface area contributed by atoms with E-state index in [4.69, 9.17) is 4.74 Å². The summed E-state index contributed by atoms with van der Waals surface area (Å²) in [5, 5.41) is 0. The highest BCUT2D eigenvalue weighted by Crippen LogP contribution is 2.29. The molecule has 1 heterocycles. The molecule has 1 atom stereocenters. The molecule has 25 heavy (non-hydrogen) atoms. The molecule has 1 aliphatic rings. The monoisotopic (exact) mass is 341 g/mol. The SMILES string of the molecule is CC(=O)CC1CCCN1c1ccc(OCc2cccc(C)c2F)cc1. The zero-order chi connectivity index (χ0) is 17.8. The molecular weight excluding hydrogens is 317 g/mol. The molecule has 0 aromatic heterocycles. The predicted octanol–water partition coefficient (Wildman–Crippen LogP) is 4.66. The minimum Gasteiger partial charge on any atom is -0.489 e. The number of ether oxygens (including phenoxy) is 1. The molecule has 132 valence electrons. The van der Waals surface area contributed by atoms with Gasteiger partial charge in [0.05, 0.1) is 0 Å². The molecule has 0 N–H and O–H groups in total. The highest BCUT2D eigenvalue weighted by atomic mass is 19.1. The summed E-state index contributed by atoms with van der Waals surface area (Å²) in [5.41, 5.74) is 2.30. The number of hydrogen-bond acceptors (Lipinski definition) is 3. The molecule has 1 unspecified atom stereocenters. The van der Waals surface area contributed by atoms with Crippen LogP contribution in [-0.2, 0) is 11.4 Å². The van der Waals surface area contributed by atoms with Gasteiger partial charge >= 0.3 is 0 Å². The van der Waals surface area contributed by atoms with Crippen LogP contribution >= 0.6 is 0 Å². The number of nitrogens with zero attached hydrogens (tertiary/aromatic N) is 1. The van der Waals surface area contributed by atoms with E-state index in [1.165, 1.54) is 0 Å². The summed E-state index contributed by atoms with van der Waals surface area (Å²) in [6.45, 7) is 4.59. The number of halogens is 1. The molecule has 1 fully saturated rings. The standard InChI is InChI=1S/C21H24FNO2/c1-15-5-3-6-17(21(15)22)14-25-20-10-8-18(9-11-20)23-12-4-7-19(23)13-16(2)24/h3,5-6,8-11,19H,4,7,12-14H2,1-2H3. The van der Waals surface area contributed by atoms with Gasteiger partial charge in [0, 0.05) is 30.3 Å². The van der Waals surface area contributed by atoms with Crippen LogP contribution in [0.4, 0.5) is 10.1 Å². The Balaban J connectivity index is 1.64. The molecule has 0 amide bonds. The number of hydrogen-bond donors (Lipinski definition) is 0. The number of aryl methyl sites for hydroxylation is 1. The van der Waals surface area contributed by atoms with Gasteiger partial charge in [0.15, 0.2) is 0 Å². The molecule has 3 rings (SSSR count). The van der Waals surface area contributed by atoms with Crippen molar-refractivity contribution in [2.45, 2.75) is 45.8 Å². The zero-order valence-corrected chi connectivity index (χ0v) is 14.8. The van der Waals surface area contributed by atoms with E-state index in [1.807, 2.05) is 30.3 Å². The Morgan fingerprint density at radius 3 is 2.72 bits per heavy atom. The molecule has 4 heteroatoms. The lowest BCUT2D eigenvalue weighted by Crippen LogP contribution is -2.30. The smallest absolute Gasteiger partial charge is 0.132 e. The maximum atomic E-state index is 14.0. The predicted molar refractivity (Wildman–Crippen MR) is 97.6 cm³/mol. The molecular formula is C21H24FNO2. The van der Waals surface area contributed by atoms with Crippen molar-refractivity contribution in [1.82, 2.24) is 0 Å². The Bertz CT molecular complexity index is 742. The van der Waals surface area contributed by atoms with Gasteiger partial charge in [-0.15, -0.1) is 0 Å². The van der Waals surface area contributed by atoms with E-state index >= 15 is 0 Å². The maximum Gasteiger partial charge on any atom is 0.132 e. The summed E-state index contributed by atoms with van der Waals surface area (Å²) < 4.78 is 19.7. The minimum atomic E-state index is -0.205. The summed E-state index contributed by atoms with van der Waals surface area (Å²) >= 11 is 0. The quantitative estimate of drug-likeness (QED) is 0.765. The van der Waals surface area contributed by atoms with Gasteiger partial charge < -0.3 is 9.64 Å². The lowest BCUT2D eigenvalue weighted by molar-refractivity contribution is -0.117. The first-order chi connectivity index (χ1) is 12.0. The number of rotatable bonds is 6. The number of carbonyl (C=O) groups excluding carboxylic acids is 1. The highest BCUT2D eigenvalue weighted by molar-refractivity contribution is 5.77. The molecule has 0 saturated carbocycles. The van der Waals surface area contributed by atoms with E-state index < -0.39 is 0 Å². The van der Waals surface area contributed by atoms with Gasteiger partial charge in [-0.25, -0.2) is 4.39 Å². The molecule has 0 spiro atoms. The third-order valence-corrected chi connectivity index (χ3v) is 4.73. The fraction of sp³-hybridized carbons (Fsp3) is 0.381. The number of benzene rings is 2. The van der Waals surface area contributed by atoms with Crippen LogP contribution in [0.15, 0.2) is 42.5 Å². The number of anilines is 1. The second-order valence-corrected chi connectivity index (χ2v) is 6.73. The normalized spacial score (nSPS) is 16.9. The van der Waals surface area contributed by atoms with E-state index in [1.54, 1.807) is 26.0 Å². The molecule has 2 aromatic carbocycles. The van der Waals surface area contributed by atoms with Crippen LogP contribution in [0.25, 0.3) is 0 Å². The average Bonchev–Trinajstić information content (AvgIpc) is 3.04. The first-order valence-corrected chi connectivity index (χ1v) is 8.77. The van der Waals surface area contributed by atoms with Crippen LogP contribution in [0.3, 0.4) is 0 Å². The lowest BCUT2D eigenvalue weighted by Gasteiger charge is -2.26. The summed E-state index contributed by atoms with van der Waals surface area (Å²) in [4.78, 5) is 13.7. The van der Waals surface area contributed by atoms with Crippen LogP contribution in [0.1, 0.15) is 37.3 Å². The summed E-state index contributed by atoms with van der Waals surface area (Å²) in [6.07, 6.45) is 2.78. The first-order valence-electron chi connectivity index (χ1n) is 8.77. The largest absolute Gasteiger partial charge is 0.489 e. The first kappa shape index (κ1) is 17.5. The van der Waals surface area contributed by atoms with Crippen LogP contribution in [0.2, 0.25) is 0 Å². The second-order valence-electron chi connectivity index (χ2n) is 6.73. The molecule has 3 nitrogen and oxygen atoms in total. The van der Waals surface area contributed by atoms with Gasteiger partial charge in [-0.05, 0) is 56.5 Å². The summed E-state index contributed by atoms with van der Waals surface area (Å²) in [6, 6.07) is 13.5. The molecule has 2 aromatic rings. The Labute approximate surface area is 148 Å². The topological polar surface area (TPSA) is 29.5 Å². The Morgan fingerprint density at radius 2 is 2.00 bits per heavy atom. The molecule has 0 radical (unpaired) electrons. The number of ketones is 1. The third-order valence-electron chi connectivity index (χ3n) is 4.73. The zero-order valence-electron chi connectivity index (χ0n) is 14.8. The number of Topliss-reactive ketones (excluding diaryl/α,β-unsaturated/α-hetero) is 1. The second kappa shape index (κ2) is 7.68. The van der Waals surface area contributed by atoms with Gasteiger partial charge in [0.1, 0.15) is 24.0 Å². The summed E-state index contributed by atoms with van der Waals surface area (Å²) in [7, 11) is 0. The van der Waals surface area contributed by atoms with Crippen LogP contribution in [0, 0.1) is 12.7 Å². The van der Waals surface area contributed by atoms with Crippen molar-refractivity contribution in [3.05, 3.63) is 59.4 Å². The fourth-order valence-electron chi connectivity index (χ4n) is 3.43. The molecule has 0 bridgehead atoms. The number of carbonyl (C=O) groups is 1. The van der Waals surface area contributed by atoms with Crippen molar-refractivity contribution in [3.63, 3.8) is 0 Å². The van der Waals surface area contributed by atoms with E-state index in [9.17, 15) is 9.18 Å². The Morgan fingerprint density at radius 1 is 1.24 bits per heavy atom. The van der Waals surface area contributed by atoms with E-state index in [0.717, 1.165) is 25.1 Å². The van der Waals surface area contributed by atoms with Gasteiger partial charge in [-0.1, -0.05) is 18.2 Å². The van der Waals surface area contributed by atoms with Crippen molar-refractivity contribution in [2.75, 3.05) is 11.4 Å². The maximum absolute atomic E-state index is 14.0. The minimum absolute atomic E-state index is 0.205. The third kappa shape index (κ3) is 4.19. The van der Waals surface area contributed by atoms with Crippen molar-refractivity contribution in [2.24, 2.45) is 0 Å². The van der Waals surface area contributed by atoms with Crippen LogP contribution in [-0.4, -0.2) is 18.4 Å². The Hall–Kier alpha value is -2.36. The van der Waals surface area contributed by atoms with Crippen LogP contribution in [0.5, 0.6) is 5.75 Å². The van der Waals surface area contributed by atoms with Crippen molar-refractivity contribution in [3.8, 4) is 5.75 Å². The van der Waals surface area contributed by atoms with E-state index in [0.29, 0.717) is 29.3 Å². The van der Waals surface area contributed by atoms with Crippen molar-refractivity contribution in [1.29, 1.82) is 0 Å². The van der Waals surface area contributed by atoms with Crippen LogP contribution < -0.4 is 9.64 Å². The van der Waals surface area contributed by atoms with Gasteiger partial charge in [0.25, 0.3) is 0 Å². The Kier molecular flexibility index (Phi) is 5.37. The molecule has 1 aliphatic heterocycles. The van der Waals surface area contributed by atoms with Gasteiger partial charge in [-0.3, -0.25) is 4.79 Å². The average molecular weight is 341 g/mol. The van der Waals surface area contributed by atoms with E-state index in [2.05, 4.69) is 4.90 Å². The summed E-state index contributed by atoms with van der Waals surface area (Å²) in [5.74, 6) is 0.743. The highest BCUT2D eigenvalue weighted by Gasteiger charge is 2.25. The van der Waals surface area contributed by atoms with Gasteiger partial charge in [0.2, 0.25) is 0 Å². The van der Waals surface area contributed by atoms with Crippen molar-refractivity contribution < 1.29 is 13.9 Å². The molecule has 1 saturated heterocycles.